The first kappa shape index (κ1) is 15.6. The lowest BCUT2D eigenvalue weighted by Crippen LogP contribution is -2.04. The first-order valence-electron chi connectivity index (χ1n) is 6.53. The van der Waals surface area contributed by atoms with Gasteiger partial charge in [0.1, 0.15) is 12.4 Å². The molecule has 2 rings (SSSR count). The monoisotopic (exact) mass is 400 g/mol. The van der Waals surface area contributed by atoms with E-state index >= 15 is 0 Å². The molecule has 0 saturated carbocycles. The molecule has 0 atom stereocenters. The van der Waals surface area contributed by atoms with Crippen molar-refractivity contribution in [3.05, 3.63) is 45.7 Å². The van der Waals surface area contributed by atoms with Crippen LogP contribution in [-0.2, 0) is 11.9 Å². The summed E-state index contributed by atoms with van der Waals surface area (Å²) in [5.41, 5.74) is 3.21. The highest BCUT2D eigenvalue weighted by Gasteiger charge is 2.10. The molecule has 0 unspecified atom stereocenters. The van der Waals surface area contributed by atoms with Gasteiger partial charge in [0, 0.05) is 27.6 Å². The van der Waals surface area contributed by atoms with Crippen molar-refractivity contribution in [2.75, 3.05) is 0 Å². The van der Waals surface area contributed by atoms with Crippen LogP contribution in [0.15, 0.2) is 28.9 Å². The van der Waals surface area contributed by atoms with Gasteiger partial charge in [-0.05, 0) is 44.5 Å². The number of halogens is 2. The van der Waals surface area contributed by atoms with Gasteiger partial charge in [0.2, 0.25) is 0 Å². The van der Waals surface area contributed by atoms with Gasteiger partial charge in [-0.1, -0.05) is 31.9 Å². The summed E-state index contributed by atoms with van der Waals surface area (Å²) >= 11 is 7.02. The Morgan fingerprint density at radius 2 is 2.10 bits per heavy atom. The fourth-order valence-corrected chi connectivity index (χ4v) is 3.03. The number of alkyl halides is 1. The lowest BCUT2D eigenvalue weighted by Gasteiger charge is -2.13. The molecule has 1 aromatic carbocycles. The number of hydrogen-bond acceptors (Lipinski definition) is 2. The molecule has 0 saturated heterocycles. The summed E-state index contributed by atoms with van der Waals surface area (Å²) in [5.74, 6) is 0.934. The van der Waals surface area contributed by atoms with Gasteiger partial charge in [-0.2, -0.15) is 5.10 Å². The van der Waals surface area contributed by atoms with Crippen LogP contribution in [0.3, 0.4) is 0 Å². The molecule has 5 heteroatoms. The Bertz CT molecular complexity index is 594. The Kier molecular flexibility index (Phi) is 5.27. The fraction of sp³-hybridized carbons (Fsp3) is 0.400. The number of ether oxygens (including phenoxy) is 1. The molecule has 0 N–H and O–H groups in total. The topological polar surface area (TPSA) is 27.1 Å². The van der Waals surface area contributed by atoms with Crippen LogP contribution in [0, 0.1) is 6.92 Å². The second kappa shape index (κ2) is 6.76. The molecule has 0 aliphatic carbocycles. The predicted octanol–water partition coefficient (Wildman–Crippen LogP) is 5.01. The van der Waals surface area contributed by atoms with Crippen molar-refractivity contribution < 1.29 is 4.74 Å². The van der Waals surface area contributed by atoms with Gasteiger partial charge in [0.25, 0.3) is 0 Å². The Hall–Kier alpha value is -0.810. The third-order valence-electron chi connectivity index (χ3n) is 3.02. The number of benzene rings is 1. The maximum absolute atomic E-state index is 5.97. The van der Waals surface area contributed by atoms with Crippen molar-refractivity contribution >= 4 is 31.9 Å². The third-order valence-corrected chi connectivity index (χ3v) is 4.08. The molecule has 108 valence electrons. The molecule has 0 fully saturated rings. The highest BCUT2D eigenvalue weighted by Crippen LogP contribution is 2.30. The minimum atomic E-state index is 0.372. The Morgan fingerprint density at radius 3 is 2.70 bits per heavy atom. The van der Waals surface area contributed by atoms with Crippen LogP contribution in [0.2, 0.25) is 0 Å². The number of nitrogens with zero attached hydrogens (tertiary/aromatic N) is 2. The molecule has 0 aliphatic rings. The standard InChI is InChI=1S/C15H18Br2N2O/c1-10(2)19-5-4-14(18-19)9-20-15-11(3)6-13(17)7-12(15)8-16/h4-7,10H,8-9H2,1-3H3. The molecule has 3 nitrogen and oxygen atoms in total. The van der Waals surface area contributed by atoms with Crippen LogP contribution in [0.1, 0.15) is 36.7 Å². The van der Waals surface area contributed by atoms with Gasteiger partial charge < -0.3 is 4.74 Å². The SMILES string of the molecule is Cc1cc(Br)cc(CBr)c1OCc1ccn(C(C)C)n1. The zero-order valence-electron chi connectivity index (χ0n) is 11.9. The van der Waals surface area contributed by atoms with E-state index in [0.717, 1.165) is 32.4 Å². The molecule has 1 aromatic heterocycles. The summed E-state index contributed by atoms with van der Waals surface area (Å²) in [6.45, 7) is 6.76. The Morgan fingerprint density at radius 1 is 1.35 bits per heavy atom. The predicted molar refractivity (Wildman–Crippen MR) is 88.5 cm³/mol. The van der Waals surface area contributed by atoms with Crippen molar-refractivity contribution in [1.29, 1.82) is 0 Å². The van der Waals surface area contributed by atoms with E-state index in [0.29, 0.717) is 12.6 Å². The van der Waals surface area contributed by atoms with Crippen molar-refractivity contribution in [3.63, 3.8) is 0 Å². The molecule has 0 aliphatic heterocycles. The highest BCUT2D eigenvalue weighted by atomic mass is 79.9. The molecule has 0 spiro atoms. The molecule has 0 bridgehead atoms. The minimum absolute atomic E-state index is 0.372. The average Bonchev–Trinajstić information content (AvgIpc) is 2.85. The zero-order valence-corrected chi connectivity index (χ0v) is 15.0. The lowest BCUT2D eigenvalue weighted by atomic mass is 10.1. The van der Waals surface area contributed by atoms with Crippen LogP contribution in [0.25, 0.3) is 0 Å². The maximum Gasteiger partial charge on any atom is 0.132 e. The number of hydrogen-bond donors (Lipinski definition) is 0. The third kappa shape index (κ3) is 3.64. The second-order valence-corrected chi connectivity index (χ2v) is 6.49. The van der Waals surface area contributed by atoms with Gasteiger partial charge in [-0.25, -0.2) is 0 Å². The average molecular weight is 402 g/mol. The first-order chi connectivity index (χ1) is 9.51. The molecular formula is C15H18Br2N2O. The van der Waals surface area contributed by atoms with Crippen molar-refractivity contribution in [3.8, 4) is 5.75 Å². The van der Waals surface area contributed by atoms with E-state index in [1.54, 1.807) is 0 Å². The molecule has 2 aromatic rings. The highest BCUT2D eigenvalue weighted by molar-refractivity contribution is 9.10. The van der Waals surface area contributed by atoms with E-state index in [1.165, 1.54) is 0 Å². The van der Waals surface area contributed by atoms with Crippen LogP contribution in [-0.4, -0.2) is 9.78 Å². The van der Waals surface area contributed by atoms with Crippen LogP contribution >= 0.6 is 31.9 Å². The molecule has 0 radical (unpaired) electrons. The molecular weight excluding hydrogens is 384 g/mol. The van der Waals surface area contributed by atoms with Gasteiger partial charge in [-0.15, -0.1) is 0 Å². The van der Waals surface area contributed by atoms with E-state index in [2.05, 4.69) is 69.9 Å². The summed E-state index contributed by atoms with van der Waals surface area (Å²) in [7, 11) is 0. The first-order valence-corrected chi connectivity index (χ1v) is 8.44. The normalized spacial score (nSPS) is 11.1. The van der Waals surface area contributed by atoms with Crippen molar-refractivity contribution in [2.24, 2.45) is 0 Å². The summed E-state index contributed by atoms with van der Waals surface area (Å²) < 4.78 is 8.98. The maximum atomic E-state index is 5.97. The van der Waals surface area contributed by atoms with E-state index in [9.17, 15) is 0 Å². The van der Waals surface area contributed by atoms with E-state index in [-0.39, 0.29) is 0 Å². The summed E-state index contributed by atoms with van der Waals surface area (Å²) in [6, 6.07) is 6.51. The van der Waals surface area contributed by atoms with E-state index < -0.39 is 0 Å². The molecule has 0 amide bonds. The van der Waals surface area contributed by atoms with Gasteiger partial charge >= 0.3 is 0 Å². The fourth-order valence-electron chi connectivity index (χ4n) is 1.99. The van der Waals surface area contributed by atoms with Gasteiger partial charge in [-0.3, -0.25) is 4.68 Å². The smallest absolute Gasteiger partial charge is 0.132 e. The van der Waals surface area contributed by atoms with Gasteiger partial charge in [0.15, 0.2) is 0 Å². The quantitative estimate of drug-likeness (QED) is 0.658. The molecule has 1 heterocycles. The Labute approximate surface area is 136 Å². The van der Waals surface area contributed by atoms with Crippen LogP contribution in [0.5, 0.6) is 5.75 Å². The lowest BCUT2D eigenvalue weighted by molar-refractivity contribution is 0.294. The Balaban J connectivity index is 2.14. The number of aryl methyl sites for hydroxylation is 1. The summed E-state index contributed by atoms with van der Waals surface area (Å²) in [5, 5.41) is 5.27. The molecule has 20 heavy (non-hydrogen) atoms. The zero-order chi connectivity index (χ0) is 14.7. The van der Waals surface area contributed by atoms with Crippen LogP contribution in [0.4, 0.5) is 0 Å². The largest absolute Gasteiger partial charge is 0.487 e. The number of aromatic nitrogens is 2. The van der Waals surface area contributed by atoms with Crippen molar-refractivity contribution in [1.82, 2.24) is 9.78 Å². The minimum Gasteiger partial charge on any atom is -0.487 e. The number of rotatable bonds is 5. The summed E-state index contributed by atoms with van der Waals surface area (Å²) in [6.07, 6.45) is 1.99. The van der Waals surface area contributed by atoms with Crippen molar-refractivity contribution in [2.45, 2.75) is 38.8 Å². The summed E-state index contributed by atoms with van der Waals surface area (Å²) in [4.78, 5) is 0. The van der Waals surface area contributed by atoms with E-state index in [1.807, 2.05) is 16.9 Å². The van der Waals surface area contributed by atoms with E-state index in [4.69, 9.17) is 4.74 Å². The van der Waals surface area contributed by atoms with Gasteiger partial charge in [0.05, 0.1) is 5.69 Å². The van der Waals surface area contributed by atoms with Crippen LogP contribution < -0.4 is 4.74 Å². The second-order valence-electron chi connectivity index (χ2n) is 5.01.